The molecule has 1 heterocycles. The average Bonchev–Trinajstić information content (AvgIpc) is 2.61. The van der Waals surface area contributed by atoms with E-state index in [1.54, 1.807) is 0 Å². The van der Waals surface area contributed by atoms with Gasteiger partial charge in [0, 0.05) is 6.42 Å². The molecule has 1 aromatic carbocycles. The van der Waals surface area contributed by atoms with Gasteiger partial charge < -0.3 is 42.7 Å². The Morgan fingerprint density at radius 1 is 1.23 bits per heavy atom. The monoisotopic (exact) mass is 477 g/mol. The molecule has 0 spiro atoms. The third kappa shape index (κ3) is 8.79. The Balaban J connectivity index is 0.00000338. The van der Waals surface area contributed by atoms with Crippen molar-refractivity contribution in [3.63, 3.8) is 0 Å². The van der Waals surface area contributed by atoms with Crippen molar-refractivity contribution >= 4 is 5.97 Å². The Bertz CT molecular complexity index is 506. The van der Waals surface area contributed by atoms with Crippen LogP contribution in [0.1, 0.15) is 31.7 Å². The number of hydrogen-bond acceptors (Lipinski definition) is 4. The number of hydrogen-bond donors (Lipinski definition) is 0. The molecule has 0 aromatic heterocycles. The molecule has 6 heteroatoms. The van der Waals surface area contributed by atoms with E-state index in [4.69, 9.17) is 14.2 Å². The molecule has 1 aromatic rings. The third-order valence-corrected chi connectivity index (χ3v) is 4.64. The molecule has 1 aliphatic heterocycles. The number of quaternary nitrogens is 1. The zero-order valence-corrected chi connectivity index (χ0v) is 18.2. The van der Waals surface area contributed by atoms with Gasteiger partial charge in [-0.2, -0.15) is 0 Å². The summed E-state index contributed by atoms with van der Waals surface area (Å²) < 4.78 is 17.9. The van der Waals surface area contributed by atoms with E-state index in [0.717, 1.165) is 55.7 Å². The molecule has 5 nitrogen and oxygen atoms in total. The van der Waals surface area contributed by atoms with Crippen LogP contribution in [0.25, 0.3) is 0 Å². The summed E-state index contributed by atoms with van der Waals surface area (Å²) >= 11 is 0. The lowest BCUT2D eigenvalue weighted by molar-refractivity contribution is -0.919. The van der Waals surface area contributed by atoms with Crippen molar-refractivity contribution in [3.8, 4) is 0 Å². The predicted octanol–water partition coefficient (Wildman–Crippen LogP) is -0.214. The SMILES string of the molecule is CCCCC(=O)OC(COCc1ccccc1)C[N+]1(C)CCOCC1.[I-]. The molecule has 1 saturated heterocycles. The van der Waals surface area contributed by atoms with Gasteiger partial charge in [0.05, 0.1) is 33.5 Å². The lowest BCUT2D eigenvalue weighted by Gasteiger charge is -2.39. The topological polar surface area (TPSA) is 44.8 Å². The van der Waals surface area contributed by atoms with Crippen LogP contribution in [-0.4, -0.2) is 63.1 Å². The number of morpholine rings is 1. The fourth-order valence-corrected chi connectivity index (χ4v) is 3.03. The van der Waals surface area contributed by atoms with Gasteiger partial charge in [0.2, 0.25) is 0 Å². The quantitative estimate of drug-likeness (QED) is 0.266. The second-order valence-corrected chi connectivity index (χ2v) is 7.08. The summed E-state index contributed by atoms with van der Waals surface area (Å²) in [4.78, 5) is 12.1. The lowest BCUT2D eigenvalue weighted by atomic mass is 10.2. The summed E-state index contributed by atoms with van der Waals surface area (Å²) in [5, 5.41) is 0. The first kappa shape index (κ1) is 23.3. The van der Waals surface area contributed by atoms with E-state index in [0.29, 0.717) is 19.6 Å². The maximum atomic E-state index is 12.1. The highest BCUT2D eigenvalue weighted by Gasteiger charge is 2.31. The lowest BCUT2D eigenvalue weighted by Crippen LogP contribution is -3.00. The molecule has 1 atom stereocenters. The van der Waals surface area contributed by atoms with Crippen LogP contribution in [-0.2, 0) is 25.6 Å². The number of nitrogens with zero attached hydrogens (tertiary/aromatic N) is 1. The van der Waals surface area contributed by atoms with E-state index in [1.807, 2.05) is 30.3 Å². The molecule has 2 rings (SSSR count). The number of likely N-dealkylation sites (N-methyl/N-ethyl adjacent to an activating group) is 1. The molecule has 0 bridgehead atoms. The number of carbonyl (C=O) groups excluding carboxylic acids is 1. The Hall–Kier alpha value is -0.700. The van der Waals surface area contributed by atoms with Gasteiger partial charge in [-0.25, -0.2) is 0 Å². The number of benzene rings is 1. The molecule has 1 aliphatic rings. The standard InChI is InChI=1S/C20H32NO4.HI/c1-3-4-10-20(22)25-19(15-21(2)11-13-23-14-12-21)17-24-16-18-8-6-5-7-9-18;/h5-9,19H,3-4,10-17H2,1-2H3;1H/q+1;/p-1. The summed E-state index contributed by atoms with van der Waals surface area (Å²) in [7, 11) is 2.20. The highest BCUT2D eigenvalue weighted by Crippen LogP contribution is 2.13. The fourth-order valence-electron chi connectivity index (χ4n) is 3.03. The molecule has 26 heavy (non-hydrogen) atoms. The van der Waals surface area contributed by atoms with Crippen LogP contribution in [0.4, 0.5) is 0 Å². The Labute approximate surface area is 174 Å². The normalized spacial score (nSPS) is 17.2. The van der Waals surface area contributed by atoms with Crippen molar-refractivity contribution < 1.29 is 47.5 Å². The van der Waals surface area contributed by atoms with Crippen molar-refractivity contribution in [2.45, 2.75) is 38.9 Å². The van der Waals surface area contributed by atoms with Crippen LogP contribution in [0.5, 0.6) is 0 Å². The van der Waals surface area contributed by atoms with Crippen LogP contribution >= 0.6 is 0 Å². The highest BCUT2D eigenvalue weighted by atomic mass is 127. The first-order chi connectivity index (χ1) is 12.1. The van der Waals surface area contributed by atoms with Crippen molar-refractivity contribution in [3.05, 3.63) is 35.9 Å². The van der Waals surface area contributed by atoms with Gasteiger partial charge >= 0.3 is 5.97 Å². The number of ether oxygens (including phenoxy) is 3. The summed E-state index contributed by atoms with van der Waals surface area (Å²) in [6, 6.07) is 10.1. The van der Waals surface area contributed by atoms with E-state index < -0.39 is 0 Å². The smallest absolute Gasteiger partial charge is 0.306 e. The molecule has 0 amide bonds. The summed E-state index contributed by atoms with van der Waals surface area (Å²) in [6.07, 6.45) is 2.14. The Morgan fingerprint density at radius 2 is 1.92 bits per heavy atom. The average molecular weight is 477 g/mol. The number of carbonyl (C=O) groups is 1. The first-order valence-electron chi connectivity index (χ1n) is 9.34. The molecule has 1 fully saturated rings. The minimum atomic E-state index is -0.212. The largest absolute Gasteiger partial charge is 1.00 e. The maximum absolute atomic E-state index is 12.1. The first-order valence-corrected chi connectivity index (χ1v) is 9.34. The van der Waals surface area contributed by atoms with Gasteiger partial charge in [0.15, 0.2) is 6.10 Å². The van der Waals surface area contributed by atoms with Crippen molar-refractivity contribution in [2.75, 3.05) is 46.5 Å². The van der Waals surface area contributed by atoms with Gasteiger partial charge in [0.25, 0.3) is 0 Å². The van der Waals surface area contributed by atoms with Crippen LogP contribution in [0, 0.1) is 0 Å². The van der Waals surface area contributed by atoms with E-state index in [2.05, 4.69) is 14.0 Å². The minimum absolute atomic E-state index is 0. The third-order valence-electron chi connectivity index (χ3n) is 4.64. The fraction of sp³-hybridized carbons (Fsp3) is 0.650. The molecule has 1 unspecified atom stereocenters. The molecule has 0 N–H and O–H groups in total. The Kier molecular flexibility index (Phi) is 11.4. The van der Waals surface area contributed by atoms with E-state index in [9.17, 15) is 4.79 Å². The van der Waals surface area contributed by atoms with Gasteiger partial charge in [-0.3, -0.25) is 4.79 Å². The van der Waals surface area contributed by atoms with E-state index in [-0.39, 0.29) is 36.0 Å². The highest BCUT2D eigenvalue weighted by molar-refractivity contribution is 5.69. The summed E-state index contributed by atoms with van der Waals surface area (Å²) in [5.74, 6) is -0.116. The van der Waals surface area contributed by atoms with Gasteiger partial charge in [-0.15, -0.1) is 0 Å². The van der Waals surface area contributed by atoms with Crippen molar-refractivity contribution in [1.29, 1.82) is 0 Å². The summed E-state index contributed by atoms with van der Waals surface area (Å²) in [6.45, 7) is 7.24. The summed E-state index contributed by atoms with van der Waals surface area (Å²) in [5.41, 5.74) is 1.13. The number of rotatable bonds is 10. The number of esters is 1. The number of halogens is 1. The molecule has 148 valence electrons. The molecule has 0 aliphatic carbocycles. The van der Waals surface area contributed by atoms with Crippen LogP contribution in [0.3, 0.4) is 0 Å². The van der Waals surface area contributed by atoms with Crippen molar-refractivity contribution in [1.82, 2.24) is 0 Å². The van der Waals surface area contributed by atoms with Crippen molar-refractivity contribution in [2.24, 2.45) is 0 Å². The van der Waals surface area contributed by atoms with Crippen LogP contribution in [0.15, 0.2) is 30.3 Å². The van der Waals surface area contributed by atoms with E-state index >= 15 is 0 Å². The van der Waals surface area contributed by atoms with Gasteiger partial charge in [-0.05, 0) is 12.0 Å². The van der Waals surface area contributed by atoms with Crippen LogP contribution in [0.2, 0.25) is 0 Å². The molecular weight excluding hydrogens is 445 g/mol. The number of unbranched alkanes of at least 4 members (excludes halogenated alkanes) is 1. The van der Waals surface area contributed by atoms with Crippen LogP contribution < -0.4 is 24.0 Å². The second-order valence-electron chi connectivity index (χ2n) is 7.08. The second kappa shape index (κ2) is 12.6. The molecule has 0 radical (unpaired) electrons. The predicted molar refractivity (Wildman–Crippen MR) is 97.1 cm³/mol. The minimum Gasteiger partial charge on any atom is -1.00 e. The van der Waals surface area contributed by atoms with E-state index in [1.165, 1.54) is 0 Å². The Morgan fingerprint density at radius 3 is 2.58 bits per heavy atom. The van der Waals surface area contributed by atoms with Gasteiger partial charge in [0.1, 0.15) is 19.6 Å². The van der Waals surface area contributed by atoms with Gasteiger partial charge in [-0.1, -0.05) is 43.7 Å². The molecule has 0 saturated carbocycles. The zero-order valence-electron chi connectivity index (χ0n) is 16.0. The maximum Gasteiger partial charge on any atom is 0.306 e. The molecular formula is C20H32INO4. The zero-order chi connectivity index (χ0) is 18.0.